The van der Waals surface area contributed by atoms with Crippen LogP contribution in [0.4, 0.5) is 11.5 Å². The van der Waals surface area contributed by atoms with E-state index in [1.807, 2.05) is 54.6 Å². The van der Waals surface area contributed by atoms with Crippen molar-refractivity contribution in [1.82, 2.24) is 4.98 Å². The summed E-state index contributed by atoms with van der Waals surface area (Å²) in [4.78, 5) is 19.3. The molecule has 0 spiro atoms. The highest BCUT2D eigenvalue weighted by Gasteiger charge is 2.22. The third-order valence-electron chi connectivity index (χ3n) is 5.51. The summed E-state index contributed by atoms with van der Waals surface area (Å²) in [7, 11) is 1.70. The molecule has 0 saturated heterocycles. The van der Waals surface area contributed by atoms with Crippen LogP contribution in [0.3, 0.4) is 0 Å². The second-order valence-corrected chi connectivity index (χ2v) is 8.99. The van der Waals surface area contributed by atoms with E-state index in [0.717, 1.165) is 40.8 Å². The highest BCUT2D eigenvalue weighted by molar-refractivity contribution is 7.78. The van der Waals surface area contributed by atoms with Gasteiger partial charge >= 0.3 is 0 Å². The van der Waals surface area contributed by atoms with Crippen molar-refractivity contribution in [1.29, 1.82) is 0 Å². The maximum Gasteiger partial charge on any atom is 0.264 e. The molecule has 182 valence electrons. The van der Waals surface area contributed by atoms with Gasteiger partial charge in [-0.05, 0) is 65.9 Å². The number of halogens is 2. The summed E-state index contributed by atoms with van der Waals surface area (Å²) < 4.78 is 0. The number of hydrogen-bond donors (Lipinski definition) is 3. The number of anilines is 2. The van der Waals surface area contributed by atoms with Crippen molar-refractivity contribution >= 4 is 64.4 Å². The largest absolute Gasteiger partial charge is 0.396 e. The van der Waals surface area contributed by atoms with Gasteiger partial charge in [0.05, 0.1) is 11.2 Å². The number of carbonyl (C=O) groups excluding carboxylic acids is 1. The predicted octanol–water partition coefficient (Wildman–Crippen LogP) is 5.20. The van der Waals surface area contributed by atoms with E-state index in [-0.39, 0.29) is 5.91 Å². The minimum Gasteiger partial charge on any atom is -0.396 e. The van der Waals surface area contributed by atoms with Gasteiger partial charge in [0.1, 0.15) is 5.82 Å². The molecule has 35 heavy (non-hydrogen) atoms. The van der Waals surface area contributed by atoms with E-state index in [9.17, 15) is 4.79 Å². The first-order chi connectivity index (χ1) is 16.8. The lowest BCUT2D eigenvalue weighted by atomic mass is 10.0. The quantitative estimate of drug-likeness (QED) is 0.301. The molecule has 0 aliphatic heterocycles. The summed E-state index contributed by atoms with van der Waals surface area (Å²) >= 11 is 16.6. The molecule has 0 saturated carbocycles. The molecule has 3 aromatic rings. The third kappa shape index (κ3) is 7.02. The van der Waals surface area contributed by atoms with Gasteiger partial charge in [-0.1, -0.05) is 65.8 Å². The Labute approximate surface area is 220 Å². The summed E-state index contributed by atoms with van der Waals surface area (Å²) in [6.07, 6.45) is 5.66. The van der Waals surface area contributed by atoms with Crippen LogP contribution >= 0.6 is 35.4 Å². The number of nitrogens with two attached hydrogens (primary N) is 2. The summed E-state index contributed by atoms with van der Waals surface area (Å²) in [6.45, 7) is 0. The molecule has 0 bridgehead atoms. The predicted molar refractivity (Wildman–Crippen MR) is 150 cm³/mol. The number of rotatable bonds is 6. The minimum atomic E-state index is -0.957. The first-order valence-electron chi connectivity index (χ1n) is 11.0. The van der Waals surface area contributed by atoms with Crippen molar-refractivity contribution in [3.05, 3.63) is 93.1 Å². The van der Waals surface area contributed by atoms with Gasteiger partial charge in [-0.25, -0.2) is 4.98 Å². The molecule has 1 heterocycles. The van der Waals surface area contributed by atoms with E-state index in [0.29, 0.717) is 22.3 Å². The lowest BCUT2D eigenvalue weighted by Gasteiger charge is -2.25. The molecule has 2 aromatic carbocycles. The van der Waals surface area contributed by atoms with Crippen molar-refractivity contribution < 1.29 is 4.79 Å². The molecule has 1 aliphatic rings. The Bertz CT molecular complexity index is 1230. The molecule has 0 fully saturated rings. The minimum absolute atomic E-state index is 0.289. The lowest BCUT2D eigenvalue weighted by molar-refractivity contribution is -0.119. The van der Waals surface area contributed by atoms with E-state index in [4.69, 9.17) is 28.9 Å². The standard InChI is InChI=1S/C25H24Cl2N4O.CH3NS/c1-31(22-12-11-19(26)15-18(22)14-17-7-2-4-8-20(17)27)25(32)24(28)30-23-13-10-16-6-3-5-9-21(16)29-23;2-1-3/h2,4-5,7-13,15,24H,3,6,14,28H2,1H3,(H,29,30);1H,(H2,2,3). The molecule has 4 rings (SSSR count). The van der Waals surface area contributed by atoms with E-state index in [1.165, 1.54) is 5.56 Å². The van der Waals surface area contributed by atoms with E-state index in [2.05, 4.69) is 34.3 Å². The molecule has 5 N–H and O–H groups in total. The SMILES string of the molecule is CN(C(=O)C(N)Nc1ccc2c(n1)C=CCC2)c1ccc(Cl)cc1Cc1ccccc1Cl.NC=S. The summed E-state index contributed by atoms with van der Waals surface area (Å²) in [5.41, 5.74) is 16.5. The van der Waals surface area contributed by atoms with Crippen LogP contribution in [0.15, 0.2) is 60.7 Å². The zero-order valence-electron chi connectivity index (χ0n) is 19.2. The number of allylic oxidation sites excluding steroid dienone is 1. The molecule has 1 atom stereocenters. The van der Waals surface area contributed by atoms with Crippen LogP contribution in [0.5, 0.6) is 0 Å². The number of benzene rings is 2. The van der Waals surface area contributed by atoms with Crippen LogP contribution in [0.2, 0.25) is 10.0 Å². The topological polar surface area (TPSA) is 97.3 Å². The average molecular weight is 529 g/mol. The van der Waals surface area contributed by atoms with Crippen molar-refractivity contribution in [3.8, 4) is 0 Å². The second kappa shape index (κ2) is 12.7. The smallest absolute Gasteiger partial charge is 0.264 e. The normalized spacial score (nSPS) is 12.6. The molecule has 9 heteroatoms. The van der Waals surface area contributed by atoms with Gasteiger partial charge in [0, 0.05) is 29.2 Å². The molecule has 1 unspecified atom stereocenters. The Balaban J connectivity index is 0.00000108. The molecule has 1 aromatic heterocycles. The van der Waals surface area contributed by atoms with E-state index < -0.39 is 6.17 Å². The highest BCUT2D eigenvalue weighted by Crippen LogP contribution is 2.29. The average Bonchev–Trinajstić information content (AvgIpc) is 2.85. The number of nitrogens with one attached hydrogen (secondary N) is 1. The molecule has 1 aliphatic carbocycles. The van der Waals surface area contributed by atoms with Gasteiger partial charge in [0.15, 0.2) is 6.17 Å². The summed E-state index contributed by atoms with van der Waals surface area (Å²) in [5, 5.41) is 4.28. The van der Waals surface area contributed by atoms with Gasteiger partial charge in [-0.2, -0.15) is 0 Å². The Kier molecular flexibility index (Phi) is 9.63. The van der Waals surface area contributed by atoms with Gasteiger partial charge < -0.3 is 21.7 Å². The summed E-state index contributed by atoms with van der Waals surface area (Å²) in [6, 6.07) is 16.9. The fraction of sp³-hybridized carbons (Fsp3) is 0.192. The highest BCUT2D eigenvalue weighted by atomic mass is 35.5. The summed E-state index contributed by atoms with van der Waals surface area (Å²) in [5.74, 6) is 0.278. The van der Waals surface area contributed by atoms with Crippen LogP contribution in [-0.4, -0.2) is 29.6 Å². The van der Waals surface area contributed by atoms with Gasteiger partial charge in [-0.15, -0.1) is 0 Å². The molecular formula is C26H27Cl2N5OS. The van der Waals surface area contributed by atoms with Crippen molar-refractivity contribution in [2.24, 2.45) is 11.5 Å². The monoisotopic (exact) mass is 527 g/mol. The number of aryl methyl sites for hydroxylation is 1. The number of carbonyl (C=O) groups is 1. The fourth-order valence-corrected chi connectivity index (χ4v) is 4.19. The Morgan fingerprint density at radius 2 is 1.94 bits per heavy atom. The third-order valence-corrected chi connectivity index (χ3v) is 6.11. The van der Waals surface area contributed by atoms with Crippen molar-refractivity contribution in [3.63, 3.8) is 0 Å². The van der Waals surface area contributed by atoms with Crippen LogP contribution in [-0.2, 0) is 17.6 Å². The lowest BCUT2D eigenvalue weighted by Crippen LogP contribution is -2.47. The first kappa shape index (κ1) is 26.6. The number of amides is 1. The Hall–Kier alpha value is -2.97. The molecular weight excluding hydrogens is 501 g/mol. The Morgan fingerprint density at radius 1 is 1.20 bits per heavy atom. The maximum absolute atomic E-state index is 13.1. The molecule has 1 amide bonds. The zero-order chi connectivity index (χ0) is 25.4. The van der Waals surface area contributed by atoms with Crippen LogP contribution < -0.4 is 21.7 Å². The number of nitrogens with zero attached hydrogens (tertiary/aromatic N) is 2. The van der Waals surface area contributed by atoms with Gasteiger partial charge in [-0.3, -0.25) is 4.79 Å². The molecule has 6 nitrogen and oxygen atoms in total. The van der Waals surface area contributed by atoms with Crippen LogP contribution in [0, 0.1) is 0 Å². The maximum atomic E-state index is 13.1. The first-order valence-corrected chi connectivity index (χ1v) is 12.2. The van der Waals surface area contributed by atoms with Gasteiger partial charge in [0.25, 0.3) is 5.91 Å². The number of fused-ring (bicyclic) bond motifs is 1. The number of thiocarbonyl (C=S) groups is 1. The zero-order valence-corrected chi connectivity index (χ0v) is 21.6. The van der Waals surface area contributed by atoms with E-state index >= 15 is 0 Å². The van der Waals surface area contributed by atoms with Crippen molar-refractivity contribution in [2.45, 2.75) is 25.4 Å². The molecule has 0 radical (unpaired) electrons. The fourth-order valence-electron chi connectivity index (χ4n) is 3.79. The number of likely N-dealkylation sites (N-methyl/N-ethyl adjacent to an activating group) is 1. The van der Waals surface area contributed by atoms with Crippen molar-refractivity contribution in [2.75, 3.05) is 17.3 Å². The number of aromatic nitrogens is 1. The second-order valence-electron chi connectivity index (χ2n) is 7.88. The Morgan fingerprint density at radius 3 is 2.69 bits per heavy atom. The number of pyridine rings is 1. The van der Waals surface area contributed by atoms with Crippen LogP contribution in [0.25, 0.3) is 6.08 Å². The number of hydrogen-bond acceptors (Lipinski definition) is 5. The van der Waals surface area contributed by atoms with E-state index in [1.54, 1.807) is 18.0 Å². The van der Waals surface area contributed by atoms with Gasteiger partial charge in [0.2, 0.25) is 0 Å². The van der Waals surface area contributed by atoms with Crippen LogP contribution in [0.1, 0.15) is 28.8 Å².